The van der Waals surface area contributed by atoms with E-state index in [9.17, 15) is 13.2 Å². The van der Waals surface area contributed by atoms with Gasteiger partial charge in [-0.2, -0.15) is 8.42 Å². The van der Waals surface area contributed by atoms with Gasteiger partial charge in [-0.05, 0) is 23.8 Å². The molecule has 164 valence electrons. The summed E-state index contributed by atoms with van der Waals surface area (Å²) in [6.07, 6.45) is 0. The Labute approximate surface area is 186 Å². The van der Waals surface area contributed by atoms with E-state index < -0.39 is 16.1 Å². The molecule has 1 N–H and O–H groups in total. The lowest BCUT2D eigenvalue weighted by Gasteiger charge is -2.38. The average Bonchev–Trinajstić information content (AvgIpc) is 2.76. The number of nitrogens with one attached hydrogen (secondary N) is 1. The van der Waals surface area contributed by atoms with Crippen LogP contribution in [0.25, 0.3) is 0 Å². The van der Waals surface area contributed by atoms with Crippen molar-refractivity contribution in [2.75, 3.05) is 45.2 Å². The number of carbonyl (C=O) groups is 1. The average molecular weight is 463 g/mol. The van der Waals surface area contributed by atoms with Gasteiger partial charge >= 0.3 is 5.97 Å². The molecular formula is C21H23ClN4O4S. The molecular weight excluding hydrogens is 440 g/mol. The summed E-state index contributed by atoms with van der Waals surface area (Å²) in [6, 6.07) is 13.4. The molecule has 2 aromatic carbocycles. The van der Waals surface area contributed by atoms with Gasteiger partial charge in [0.25, 0.3) is 10.0 Å². The van der Waals surface area contributed by atoms with Crippen molar-refractivity contribution in [3.8, 4) is 0 Å². The Morgan fingerprint density at radius 3 is 2.52 bits per heavy atom. The molecule has 2 aromatic rings. The molecule has 0 spiro atoms. The quantitative estimate of drug-likeness (QED) is 0.682. The van der Waals surface area contributed by atoms with E-state index in [1.165, 1.54) is 7.11 Å². The van der Waals surface area contributed by atoms with E-state index in [0.29, 0.717) is 54.8 Å². The third-order valence-electron chi connectivity index (χ3n) is 5.44. The van der Waals surface area contributed by atoms with Crippen LogP contribution in [-0.2, 0) is 19.6 Å². The number of hydrogen-bond acceptors (Lipinski definition) is 7. The van der Waals surface area contributed by atoms with Crippen molar-refractivity contribution < 1.29 is 17.9 Å². The van der Waals surface area contributed by atoms with Crippen LogP contribution >= 0.6 is 11.6 Å². The van der Waals surface area contributed by atoms with Crippen LogP contribution < -0.4 is 5.32 Å². The summed E-state index contributed by atoms with van der Waals surface area (Å²) in [7, 11) is -2.34. The minimum atomic E-state index is -3.71. The molecule has 2 aliphatic rings. The minimum absolute atomic E-state index is 0.184. The first kappa shape index (κ1) is 21.8. The summed E-state index contributed by atoms with van der Waals surface area (Å²) in [5, 5.41) is 3.64. The SMILES string of the molecule is COC(=O)C(c1ccccc1Cl)N1CCN(CC2=NS(=O)(=O)c3ccccc3N2)CC1. The molecule has 0 bridgehead atoms. The van der Waals surface area contributed by atoms with Gasteiger partial charge in [0.05, 0.1) is 19.3 Å². The number of hydrogen-bond donors (Lipinski definition) is 1. The van der Waals surface area contributed by atoms with E-state index in [1.807, 2.05) is 23.1 Å². The molecule has 1 saturated heterocycles. The van der Waals surface area contributed by atoms with Crippen molar-refractivity contribution >= 4 is 39.1 Å². The smallest absolute Gasteiger partial charge is 0.327 e. The van der Waals surface area contributed by atoms with E-state index >= 15 is 0 Å². The molecule has 0 aliphatic carbocycles. The predicted molar refractivity (Wildman–Crippen MR) is 119 cm³/mol. The van der Waals surface area contributed by atoms with Crippen molar-refractivity contribution in [3.63, 3.8) is 0 Å². The van der Waals surface area contributed by atoms with Crippen LogP contribution in [0.4, 0.5) is 5.69 Å². The van der Waals surface area contributed by atoms with Gasteiger partial charge in [0, 0.05) is 31.2 Å². The highest BCUT2D eigenvalue weighted by Crippen LogP contribution is 2.30. The highest BCUT2D eigenvalue weighted by Gasteiger charge is 2.33. The highest BCUT2D eigenvalue weighted by molar-refractivity contribution is 7.90. The molecule has 0 amide bonds. The van der Waals surface area contributed by atoms with Crippen molar-refractivity contribution in [3.05, 3.63) is 59.1 Å². The molecule has 2 heterocycles. The number of esters is 1. The predicted octanol–water partition coefficient (Wildman–Crippen LogP) is 2.38. The lowest BCUT2D eigenvalue weighted by Crippen LogP contribution is -2.51. The topological polar surface area (TPSA) is 91.3 Å². The number of amidine groups is 1. The highest BCUT2D eigenvalue weighted by atomic mass is 35.5. The molecule has 0 saturated carbocycles. The Morgan fingerprint density at radius 1 is 1.13 bits per heavy atom. The van der Waals surface area contributed by atoms with Gasteiger partial charge in [0.2, 0.25) is 0 Å². The summed E-state index contributed by atoms with van der Waals surface area (Å²) < 4.78 is 33.9. The first-order chi connectivity index (χ1) is 14.9. The Balaban J connectivity index is 1.45. The van der Waals surface area contributed by atoms with E-state index in [4.69, 9.17) is 16.3 Å². The van der Waals surface area contributed by atoms with E-state index in [0.717, 1.165) is 0 Å². The van der Waals surface area contributed by atoms with Gasteiger partial charge in [-0.25, -0.2) is 4.79 Å². The molecule has 0 aromatic heterocycles. The van der Waals surface area contributed by atoms with Gasteiger partial charge in [0.1, 0.15) is 16.8 Å². The van der Waals surface area contributed by atoms with Gasteiger partial charge in [0.15, 0.2) is 0 Å². The molecule has 1 fully saturated rings. The summed E-state index contributed by atoms with van der Waals surface area (Å²) >= 11 is 6.34. The fraction of sp³-hybridized carbons (Fsp3) is 0.333. The van der Waals surface area contributed by atoms with E-state index in [-0.39, 0.29) is 10.9 Å². The number of nitrogens with zero attached hydrogens (tertiary/aromatic N) is 3. The number of piperazine rings is 1. The molecule has 2 aliphatic heterocycles. The molecule has 10 heteroatoms. The lowest BCUT2D eigenvalue weighted by atomic mass is 10.0. The summed E-state index contributed by atoms with van der Waals surface area (Å²) in [6.45, 7) is 2.85. The zero-order chi connectivity index (χ0) is 22.0. The number of methoxy groups -OCH3 is 1. The largest absolute Gasteiger partial charge is 0.468 e. The molecule has 8 nitrogen and oxygen atoms in total. The second kappa shape index (κ2) is 8.96. The Kier molecular flexibility index (Phi) is 6.29. The molecule has 0 radical (unpaired) electrons. The normalized spacial score (nSPS) is 19.6. The third-order valence-corrected chi connectivity index (χ3v) is 7.16. The number of benzene rings is 2. The maximum absolute atomic E-state index is 12.5. The number of para-hydroxylation sites is 1. The second-order valence-electron chi connectivity index (χ2n) is 7.39. The van der Waals surface area contributed by atoms with Crippen LogP contribution in [0, 0.1) is 0 Å². The number of halogens is 1. The number of ether oxygens (including phenoxy) is 1. The van der Waals surface area contributed by atoms with Crippen LogP contribution in [0.5, 0.6) is 0 Å². The first-order valence-corrected chi connectivity index (χ1v) is 11.7. The fourth-order valence-electron chi connectivity index (χ4n) is 3.91. The number of fused-ring (bicyclic) bond motifs is 1. The van der Waals surface area contributed by atoms with Crippen molar-refractivity contribution in [2.24, 2.45) is 4.40 Å². The molecule has 31 heavy (non-hydrogen) atoms. The van der Waals surface area contributed by atoms with Crippen molar-refractivity contribution in [1.29, 1.82) is 0 Å². The van der Waals surface area contributed by atoms with Crippen molar-refractivity contribution in [2.45, 2.75) is 10.9 Å². The van der Waals surface area contributed by atoms with Crippen LogP contribution in [0.15, 0.2) is 57.8 Å². The summed E-state index contributed by atoms with van der Waals surface area (Å²) in [5.74, 6) is 0.0327. The van der Waals surface area contributed by atoms with Crippen molar-refractivity contribution in [1.82, 2.24) is 9.80 Å². The summed E-state index contributed by atoms with van der Waals surface area (Å²) in [4.78, 5) is 16.8. The van der Waals surface area contributed by atoms with Gasteiger partial charge in [-0.15, -0.1) is 4.40 Å². The molecule has 1 atom stereocenters. The van der Waals surface area contributed by atoms with Crippen LogP contribution in [0.1, 0.15) is 11.6 Å². The minimum Gasteiger partial charge on any atom is -0.468 e. The maximum Gasteiger partial charge on any atom is 0.327 e. The fourth-order valence-corrected chi connectivity index (χ4v) is 5.29. The zero-order valence-electron chi connectivity index (χ0n) is 17.0. The Bertz CT molecular complexity index is 1110. The van der Waals surface area contributed by atoms with E-state index in [1.54, 1.807) is 30.3 Å². The third kappa shape index (κ3) is 4.59. The van der Waals surface area contributed by atoms with Crippen LogP contribution in [-0.4, -0.2) is 69.9 Å². The van der Waals surface area contributed by atoms with Gasteiger partial charge < -0.3 is 10.1 Å². The number of rotatable bonds is 5. The van der Waals surface area contributed by atoms with E-state index in [2.05, 4.69) is 14.6 Å². The van der Waals surface area contributed by atoms with Crippen LogP contribution in [0.2, 0.25) is 5.02 Å². The lowest BCUT2D eigenvalue weighted by molar-refractivity contribution is -0.148. The maximum atomic E-state index is 12.5. The molecule has 1 unspecified atom stereocenters. The monoisotopic (exact) mass is 462 g/mol. The number of anilines is 1. The first-order valence-electron chi connectivity index (χ1n) is 9.87. The van der Waals surface area contributed by atoms with Gasteiger partial charge in [-0.3, -0.25) is 9.80 Å². The molecule has 4 rings (SSSR count). The Morgan fingerprint density at radius 2 is 1.81 bits per heavy atom. The number of carbonyl (C=O) groups excluding carboxylic acids is 1. The zero-order valence-corrected chi connectivity index (χ0v) is 18.6. The van der Waals surface area contributed by atoms with Crippen LogP contribution in [0.3, 0.4) is 0 Å². The standard InChI is InChI=1S/C21H23ClN4O4S/c1-30-21(27)20(15-6-2-3-7-16(15)22)26-12-10-25(11-13-26)14-19-23-17-8-4-5-9-18(17)31(28,29)24-19/h2-9,20H,10-14H2,1H3,(H,23,24). The number of sulfonamides is 1. The Hall–Kier alpha value is -2.46. The van der Waals surface area contributed by atoms with Gasteiger partial charge in [-0.1, -0.05) is 41.9 Å². The summed E-state index contributed by atoms with van der Waals surface area (Å²) in [5.41, 5.74) is 1.25. The second-order valence-corrected chi connectivity index (χ2v) is 9.37.